The number of pyridine rings is 1. The summed E-state index contributed by atoms with van der Waals surface area (Å²) in [5.41, 5.74) is 9.97. The number of carbonyl (C=O) groups is 2. The minimum absolute atomic E-state index is 0.0540. The molecule has 0 bridgehead atoms. The normalized spacial score (nSPS) is 16.9. The van der Waals surface area contributed by atoms with Crippen LogP contribution >= 0.6 is 11.6 Å². The van der Waals surface area contributed by atoms with Crippen LogP contribution < -0.4 is 21.1 Å². The Hall–Kier alpha value is -3.88. The molecule has 0 spiro atoms. The molecular formula is C28H28ClN5O3. The number of nitrogens with zero attached hydrogens (tertiary/aromatic N) is 2. The number of carbonyl (C=O) groups excluding carboxylic acids is 2. The third kappa shape index (κ3) is 5.93. The Morgan fingerprint density at radius 3 is 2.65 bits per heavy atom. The van der Waals surface area contributed by atoms with Crippen LogP contribution in [-0.4, -0.2) is 60.5 Å². The zero-order valence-electron chi connectivity index (χ0n) is 20.2. The Kier molecular flexibility index (Phi) is 7.39. The van der Waals surface area contributed by atoms with Gasteiger partial charge in [-0.3, -0.25) is 9.59 Å². The molecule has 5 rings (SSSR count). The van der Waals surface area contributed by atoms with Crippen LogP contribution in [0.25, 0.3) is 17.2 Å². The number of benzene rings is 2. The maximum Gasteiger partial charge on any atom is 0.253 e. The summed E-state index contributed by atoms with van der Waals surface area (Å²) in [6, 6.07) is 15.0. The van der Waals surface area contributed by atoms with Gasteiger partial charge < -0.3 is 26.0 Å². The van der Waals surface area contributed by atoms with E-state index < -0.39 is 0 Å². The molecule has 9 heteroatoms. The van der Waals surface area contributed by atoms with Crippen LogP contribution in [0.4, 0.5) is 5.82 Å². The summed E-state index contributed by atoms with van der Waals surface area (Å²) < 4.78 is 6.02. The average Bonchev–Trinajstić information content (AvgIpc) is 3.35. The Balaban J connectivity index is 1.19. The van der Waals surface area contributed by atoms with Crippen molar-refractivity contribution in [1.29, 1.82) is 0 Å². The lowest BCUT2D eigenvalue weighted by Gasteiger charge is -2.27. The highest BCUT2D eigenvalue weighted by molar-refractivity contribution is 6.32. The number of anilines is 1. The van der Waals surface area contributed by atoms with Crippen molar-refractivity contribution < 1.29 is 14.3 Å². The van der Waals surface area contributed by atoms with Gasteiger partial charge in [0.1, 0.15) is 17.7 Å². The largest absolute Gasteiger partial charge is 0.486 e. The van der Waals surface area contributed by atoms with Crippen molar-refractivity contribution >= 4 is 35.3 Å². The third-order valence-electron chi connectivity index (χ3n) is 6.46. The molecule has 37 heavy (non-hydrogen) atoms. The summed E-state index contributed by atoms with van der Waals surface area (Å²) in [7, 11) is 0. The highest BCUT2D eigenvalue weighted by Gasteiger charge is 2.26. The van der Waals surface area contributed by atoms with Gasteiger partial charge in [0, 0.05) is 56.0 Å². The van der Waals surface area contributed by atoms with E-state index in [0.29, 0.717) is 35.1 Å². The second-order valence-electron chi connectivity index (χ2n) is 9.10. The Bertz CT molecular complexity index is 1320. The lowest BCUT2D eigenvalue weighted by molar-refractivity contribution is -0.116. The number of nitrogens with one attached hydrogen (secondary N) is 2. The van der Waals surface area contributed by atoms with Gasteiger partial charge in [0.15, 0.2) is 0 Å². The zero-order chi connectivity index (χ0) is 25.8. The number of amides is 2. The molecule has 0 radical (unpaired) electrons. The number of rotatable bonds is 6. The molecule has 1 aromatic heterocycles. The number of ether oxygens (including phenoxy) is 1. The fraction of sp³-hybridized carbons (Fsp3) is 0.250. The molecule has 1 atom stereocenters. The van der Waals surface area contributed by atoms with Gasteiger partial charge in [-0.05, 0) is 59.2 Å². The molecule has 2 amide bonds. The number of nitrogens with two attached hydrogens (primary N) is 1. The van der Waals surface area contributed by atoms with Crippen molar-refractivity contribution in [2.75, 3.05) is 38.5 Å². The van der Waals surface area contributed by atoms with Crippen LogP contribution in [0.3, 0.4) is 0 Å². The van der Waals surface area contributed by atoms with Crippen LogP contribution in [-0.2, 0) is 11.2 Å². The van der Waals surface area contributed by atoms with Gasteiger partial charge in [-0.25, -0.2) is 4.98 Å². The predicted molar refractivity (Wildman–Crippen MR) is 144 cm³/mol. The molecule has 2 aliphatic rings. The summed E-state index contributed by atoms with van der Waals surface area (Å²) in [6.45, 7) is 3.44. The van der Waals surface area contributed by atoms with E-state index in [-0.39, 0.29) is 17.9 Å². The van der Waals surface area contributed by atoms with Crippen molar-refractivity contribution in [2.45, 2.75) is 12.5 Å². The van der Waals surface area contributed by atoms with Crippen molar-refractivity contribution in [2.24, 2.45) is 0 Å². The van der Waals surface area contributed by atoms with Gasteiger partial charge in [-0.2, -0.15) is 0 Å². The van der Waals surface area contributed by atoms with E-state index in [0.717, 1.165) is 48.4 Å². The Morgan fingerprint density at radius 1 is 1.14 bits per heavy atom. The molecule has 3 aromatic rings. The maximum absolute atomic E-state index is 12.7. The lowest BCUT2D eigenvalue weighted by atomic mass is 9.99. The smallest absolute Gasteiger partial charge is 0.253 e. The molecule has 2 aromatic carbocycles. The van der Waals surface area contributed by atoms with Crippen LogP contribution in [0, 0.1) is 0 Å². The summed E-state index contributed by atoms with van der Waals surface area (Å²) in [6.07, 6.45) is 5.16. The summed E-state index contributed by atoms with van der Waals surface area (Å²) >= 11 is 6.56. The second kappa shape index (κ2) is 11.0. The first-order chi connectivity index (χ1) is 18.0. The van der Waals surface area contributed by atoms with Crippen LogP contribution in [0.1, 0.15) is 21.5 Å². The highest BCUT2D eigenvalue weighted by Crippen LogP contribution is 2.39. The molecule has 1 fully saturated rings. The fourth-order valence-corrected chi connectivity index (χ4v) is 4.77. The summed E-state index contributed by atoms with van der Waals surface area (Å²) in [4.78, 5) is 30.9. The van der Waals surface area contributed by atoms with Gasteiger partial charge in [0.2, 0.25) is 5.91 Å². The first-order valence-corrected chi connectivity index (χ1v) is 12.6. The van der Waals surface area contributed by atoms with E-state index in [2.05, 4.69) is 21.7 Å². The standard InChI is InChI=1S/C28H28ClN5O3/c29-24-15-21(19-3-5-20(6-4-19)28(36)34-11-9-31-10-12-34)13-22-14-23(37-27(22)24)17-33-26(35)8-2-18-1-7-25(30)32-16-18/h1-8,13,15-16,23,31H,9-12,14,17H2,(H2,30,32)(H,33,35). The Labute approximate surface area is 220 Å². The fourth-order valence-electron chi connectivity index (χ4n) is 4.48. The number of aromatic nitrogens is 1. The number of fused-ring (bicyclic) bond motifs is 1. The predicted octanol–water partition coefficient (Wildman–Crippen LogP) is 3.16. The van der Waals surface area contributed by atoms with E-state index in [1.807, 2.05) is 35.2 Å². The number of hydrogen-bond acceptors (Lipinski definition) is 6. The van der Waals surface area contributed by atoms with E-state index in [1.54, 1.807) is 24.4 Å². The number of nitrogen functional groups attached to an aromatic ring is 1. The molecule has 2 aliphatic heterocycles. The first-order valence-electron chi connectivity index (χ1n) is 12.2. The number of halogens is 1. The van der Waals surface area contributed by atoms with Gasteiger partial charge in [0.05, 0.1) is 11.6 Å². The van der Waals surface area contributed by atoms with Crippen molar-refractivity contribution in [3.05, 3.63) is 82.5 Å². The molecule has 1 saturated heterocycles. The third-order valence-corrected chi connectivity index (χ3v) is 6.74. The molecule has 190 valence electrons. The Morgan fingerprint density at radius 2 is 1.92 bits per heavy atom. The van der Waals surface area contributed by atoms with Crippen molar-refractivity contribution in [1.82, 2.24) is 20.5 Å². The average molecular weight is 518 g/mol. The van der Waals surface area contributed by atoms with Crippen LogP contribution in [0.15, 0.2) is 60.8 Å². The summed E-state index contributed by atoms with van der Waals surface area (Å²) in [5.74, 6) is 0.912. The van der Waals surface area contributed by atoms with Gasteiger partial charge in [0.25, 0.3) is 5.91 Å². The van der Waals surface area contributed by atoms with Crippen LogP contribution in [0.2, 0.25) is 5.02 Å². The number of hydrogen-bond donors (Lipinski definition) is 3. The van der Waals surface area contributed by atoms with E-state index >= 15 is 0 Å². The summed E-state index contributed by atoms with van der Waals surface area (Å²) in [5, 5.41) is 6.66. The molecule has 4 N–H and O–H groups in total. The lowest BCUT2D eigenvalue weighted by Crippen LogP contribution is -2.46. The van der Waals surface area contributed by atoms with Crippen molar-refractivity contribution in [3.8, 4) is 16.9 Å². The van der Waals surface area contributed by atoms with Gasteiger partial charge in [-0.15, -0.1) is 0 Å². The van der Waals surface area contributed by atoms with E-state index in [4.69, 9.17) is 22.1 Å². The maximum atomic E-state index is 12.7. The molecule has 3 heterocycles. The molecule has 1 unspecified atom stereocenters. The SMILES string of the molecule is Nc1ccc(C=CC(=O)NCC2Cc3cc(-c4ccc(C(=O)N5CCNCC5)cc4)cc(Cl)c3O2)cn1. The quantitative estimate of drug-likeness (QED) is 0.433. The van der Waals surface area contributed by atoms with Gasteiger partial charge >= 0.3 is 0 Å². The van der Waals surface area contributed by atoms with E-state index in [1.165, 1.54) is 6.08 Å². The zero-order valence-corrected chi connectivity index (χ0v) is 21.0. The monoisotopic (exact) mass is 517 g/mol. The van der Waals surface area contributed by atoms with Gasteiger partial charge in [-0.1, -0.05) is 23.7 Å². The highest BCUT2D eigenvalue weighted by atomic mass is 35.5. The van der Waals surface area contributed by atoms with Crippen molar-refractivity contribution in [3.63, 3.8) is 0 Å². The second-order valence-corrected chi connectivity index (χ2v) is 9.51. The minimum atomic E-state index is -0.223. The molecule has 0 saturated carbocycles. The van der Waals surface area contributed by atoms with E-state index in [9.17, 15) is 9.59 Å². The molecular weight excluding hydrogens is 490 g/mol. The molecule has 0 aliphatic carbocycles. The molecule has 8 nitrogen and oxygen atoms in total. The topological polar surface area (TPSA) is 110 Å². The first kappa shape index (κ1) is 24.8. The van der Waals surface area contributed by atoms with Crippen LogP contribution in [0.5, 0.6) is 5.75 Å². The minimum Gasteiger partial charge on any atom is -0.486 e. The number of piperazine rings is 1.